The summed E-state index contributed by atoms with van der Waals surface area (Å²) in [6.07, 6.45) is 0. The number of hydrogen-bond donors (Lipinski definition) is 7. The molecule has 0 aliphatic carbocycles. The van der Waals surface area contributed by atoms with Gasteiger partial charge in [0.05, 0.1) is 0 Å². The summed E-state index contributed by atoms with van der Waals surface area (Å²) in [5.41, 5.74) is 5.23. The summed E-state index contributed by atoms with van der Waals surface area (Å²) in [6, 6.07) is 0. The summed E-state index contributed by atoms with van der Waals surface area (Å²) in [6.45, 7) is 8.00. The average Bonchev–Trinajstić information content (AvgIpc) is 2.32. The van der Waals surface area contributed by atoms with Crippen molar-refractivity contribution in [3.63, 3.8) is 0 Å². The van der Waals surface area contributed by atoms with Crippen LogP contribution in [0.5, 0.6) is 0 Å². The number of carboxylic acid groups (broad SMARTS) is 4. The minimum Gasteiger partial charge on any atom is -0.481 e. The van der Waals surface area contributed by atoms with Crippen LogP contribution in [0.4, 0.5) is 0 Å². The van der Waals surface area contributed by atoms with E-state index in [-0.39, 0.29) is 0 Å². The van der Waals surface area contributed by atoms with Crippen LogP contribution in [-0.4, -0.2) is 77.5 Å². The van der Waals surface area contributed by atoms with E-state index in [0.717, 1.165) is 53.9 Å². The standard InChI is InChI=1S/C5H15N3.4C2H4O2/c1-7-4-5-8-3-2-6;4*1-2(3)4/h7-8H,2-6H2,1H3;4*1H3,(H,3,4). The number of nitrogens with one attached hydrogen (secondary N) is 2. The maximum absolute atomic E-state index is 9.00. The molecule has 0 saturated carbocycles. The van der Waals surface area contributed by atoms with E-state index in [1.54, 1.807) is 0 Å². The highest BCUT2D eigenvalue weighted by Gasteiger charge is 1.79. The van der Waals surface area contributed by atoms with Crippen LogP contribution in [0.25, 0.3) is 0 Å². The minimum atomic E-state index is -0.833. The molecule has 0 heterocycles. The van der Waals surface area contributed by atoms with Gasteiger partial charge in [-0.2, -0.15) is 0 Å². The van der Waals surface area contributed by atoms with E-state index < -0.39 is 23.9 Å². The molecule has 0 aromatic rings. The zero-order chi connectivity index (χ0) is 20.6. The zero-order valence-corrected chi connectivity index (χ0v) is 14.8. The Hall–Kier alpha value is -2.24. The molecule has 0 unspecified atom stereocenters. The van der Waals surface area contributed by atoms with Crippen molar-refractivity contribution >= 4 is 23.9 Å². The Labute approximate surface area is 141 Å². The molecule has 0 bridgehead atoms. The highest BCUT2D eigenvalue weighted by atomic mass is 16.4. The molecule has 0 amide bonds. The van der Waals surface area contributed by atoms with Crippen LogP contribution >= 0.6 is 0 Å². The molecule has 0 radical (unpaired) electrons. The number of likely N-dealkylation sites (N-methyl/N-ethyl adjacent to an activating group) is 1. The molecule has 0 saturated heterocycles. The van der Waals surface area contributed by atoms with E-state index in [1.165, 1.54) is 0 Å². The molecule has 0 rings (SSSR count). The predicted molar refractivity (Wildman–Crippen MR) is 89.1 cm³/mol. The Morgan fingerprint density at radius 1 is 0.708 bits per heavy atom. The number of nitrogens with two attached hydrogens (primary N) is 1. The van der Waals surface area contributed by atoms with Gasteiger partial charge in [0.2, 0.25) is 0 Å². The fourth-order valence-corrected chi connectivity index (χ4v) is 0.440. The molecule has 0 atom stereocenters. The van der Waals surface area contributed by atoms with Gasteiger partial charge in [0.1, 0.15) is 0 Å². The number of rotatable bonds is 5. The van der Waals surface area contributed by atoms with Gasteiger partial charge >= 0.3 is 0 Å². The highest BCUT2D eigenvalue weighted by Crippen LogP contribution is 1.53. The second kappa shape index (κ2) is 32.6. The Kier molecular flexibility index (Phi) is 45.4. The van der Waals surface area contributed by atoms with E-state index in [0.29, 0.717) is 0 Å². The molecule has 11 heteroatoms. The van der Waals surface area contributed by atoms with Crippen LogP contribution in [0.15, 0.2) is 0 Å². The van der Waals surface area contributed by atoms with Gasteiger partial charge in [-0.3, -0.25) is 19.2 Å². The SMILES string of the molecule is CC(=O)O.CC(=O)O.CC(=O)O.CC(=O)O.CNCCNCCN. The molecule has 0 fully saturated rings. The Morgan fingerprint density at radius 3 is 1.12 bits per heavy atom. The summed E-state index contributed by atoms with van der Waals surface area (Å²) in [7, 11) is 1.93. The molecule has 0 spiro atoms. The fraction of sp³-hybridized carbons (Fsp3) is 0.692. The van der Waals surface area contributed by atoms with Gasteiger partial charge in [-0.25, -0.2) is 0 Å². The van der Waals surface area contributed by atoms with E-state index in [9.17, 15) is 0 Å². The van der Waals surface area contributed by atoms with E-state index >= 15 is 0 Å². The highest BCUT2D eigenvalue weighted by molar-refractivity contribution is 5.63. The van der Waals surface area contributed by atoms with Crippen molar-refractivity contribution in [3.8, 4) is 0 Å². The predicted octanol–water partition coefficient (Wildman–Crippen LogP) is -0.882. The molecule has 0 aliphatic rings. The summed E-state index contributed by atoms with van der Waals surface area (Å²) < 4.78 is 0. The van der Waals surface area contributed by atoms with Crippen molar-refractivity contribution in [2.75, 3.05) is 33.2 Å². The van der Waals surface area contributed by atoms with Crippen molar-refractivity contribution < 1.29 is 39.6 Å². The molecule has 0 aromatic carbocycles. The van der Waals surface area contributed by atoms with Crippen LogP contribution in [0.3, 0.4) is 0 Å². The van der Waals surface area contributed by atoms with Gasteiger partial charge < -0.3 is 36.8 Å². The second-order valence-electron chi connectivity index (χ2n) is 3.72. The molecule has 0 aliphatic heterocycles. The largest absolute Gasteiger partial charge is 0.481 e. The smallest absolute Gasteiger partial charge is 0.300 e. The van der Waals surface area contributed by atoms with Gasteiger partial charge in [0.15, 0.2) is 0 Å². The van der Waals surface area contributed by atoms with Crippen LogP contribution in [0, 0.1) is 0 Å². The Bertz CT molecular complexity index is 242. The van der Waals surface area contributed by atoms with Crippen LogP contribution in [-0.2, 0) is 19.2 Å². The number of carboxylic acids is 4. The van der Waals surface area contributed by atoms with Gasteiger partial charge in [0.25, 0.3) is 23.9 Å². The molecule has 8 N–H and O–H groups in total. The van der Waals surface area contributed by atoms with Gasteiger partial charge in [0, 0.05) is 53.9 Å². The normalized spacial score (nSPS) is 7.42. The molecule has 0 aromatic heterocycles. The first kappa shape index (κ1) is 33.4. The lowest BCUT2D eigenvalue weighted by Crippen LogP contribution is -2.29. The third-order valence-corrected chi connectivity index (χ3v) is 0.873. The molecule has 146 valence electrons. The number of carbonyl (C=O) groups is 4. The molecule has 11 nitrogen and oxygen atoms in total. The number of aliphatic carboxylic acids is 4. The lowest BCUT2D eigenvalue weighted by Gasteiger charge is -1.99. The summed E-state index contributed by atoms with van der Waals surface area (Å²) >= 11 is 0. The fourth-order valence-electron chi connectivity index (χ4n) is 0.440. The summed E-state index contributed by atoms with van der Waals surface area (Å²) in [4.78, 5) is 36.0. The number of hydrogen-bond acceptors (Lipinski definition) is 7. The monoisotopic (exact) mass is 357 g/mol. The third kappa shape index (κ3) is 913. The maximum Gasteiger partial charge on any atom is 0.300 e. The van der Waals surface area contributed by atoms with Crippen LogP contribution in [0.2, 0.25) is 0 Å². The topological polar surface area (TPSA) is 199 Å². The lowest BCUT2D eigenvalue weighted by atomic mass is 10.6. The first-order valence-electron chi connectivity index (χ1n) is 6.68. The molecule has 24 heavy (non-hydrogen) atoms. The van der Waals surface area contributed by atoms with Crippen molar-refractivity contribution in [2.45, 2.75) is 27.7 Å². The van der Waals surface area contributed by atoms with E-state index in [2.05, 4.69) is 10.6 Å². The van der Waals surface area contributed by atoms with E-state index in [1.807, 2.05) is 7.05 Å². The first-order chi connectivity index (χ1) is 10.8. The van der Waals surface area contributed by atoms with Crippen LogP contribution < -0.4 is 16.4 Å². The summed E-state index contributed by atoms with van der Waals surface area (Å²) in [5, 5.41) is 35.8. The van der Waals surface area contributed by atoms with Crippen molar-refractivity contribution in [3.05, 3.63) is 0 Å². The van der Waals surface area contributed by atoms with Crippen molar-refractivity contribution in [1.29, 1.82) is 0 Å². The second-order valence-corrected chi connectivity index (χ2v) is 3.72. The zero-order valence-electron chi connectivity index (χ0n) is 14.8. The first-order valence-corrected chi connectivity index (χ1v) is 6.68. The van der Waals surface area contributed by atoms with Crippen LogP contribution in [0.1, 0.15) is 27.7 Å². The Balaban J connectivity index is -0.0000000657. The Morgan fingerprint density at radius 2 is 0.958 bits per heavy atom. The van der Waals surface area contributed by atoms with Gasteiger partial charge in [-0.1, -0.05) is 0 Å². The summed E-state index contributed by atoms with van der Waals surface area (Å²) in [5.74, 6) is -3.33. The minimum absolute atomic E-state index is 0.726. The molecular weight excluding hydrogens is 326 g/mol. The van der Waals surface area contributed by atoms with E-state index in [4.69, 9.17) is 45.3 Å². The average molecular weight is 357 g/mol. The maximum atomic E-state index is 9.00. The lowest BCUT2D eigenvalue weighted by molar-refractivity contribution is -0.135. The third-order valence-electron chi connectivity index (χ3n) is 0.873. The van der Waals surface area contributed by atoms with Crippen molar-refractivity contribution in [2.24, 2.45) is 5.73 Å². The van der Waals surface area contributed by atoms with Crippen molar-refractivity contribution in [1.82, 2.24) is 10.6 Å². The molecular formula is C13H31N3O8. The van der Waals surface area contributed by atoms with Gasteiger partial charge in [-0.05, 0) is 7.05 Å². The quantitative estimate of drug-likeness (QED) is 0.301. The van der Waals surface area contributed by atoms with Gasteiger partial charge in [-0.15, -0.1) is 0 Å².